The maximum atomic E-state index is 5.80. The van der Waals surface area contributed by atoms with E-state index in [1.54, 1.807) is 0 Å². The van der Waals surface area contributed by atoms with E-state index in [-0.39, 0.29) is 6.10 Å². The first-order valence-corrected chi connectivity index (χ1v) is 8.88. The second-order valence-electron chi connectivity index (χ2n) is 6.49. The van der Waals surface area contributed by atoms with Crippen molar-refractivity contribution in [2.45, 2.75) is 31.9 Å². The van der Waals surface area contributed by atoms with Crippen molar-refractivity contribution in [3.05, 3.63) is 53.6 Å². The second kappa shape index (κ2) is 7.28. The first-order valence-electron chi connectivity index (χ1n) is 8.88. The molecule has 1 atom stereocenters. The van der Waals surface area contributed by atoms with E-state index in [4.69, 9.17) is 4.74 Å². The number of ether oxygens (including phenoxy) is 1. The first-order chi connectivity index (χ1) is 11.9. The van der Waals surface area contributed by atoms with E-state index in [9.17, 15) is 0 Å². The van der Waals surface area contributed by atoms with Gasteiger partial charge in [0.15, 0.2) is 5.82 Å². The van der Waals surface area contributed by atoms with Gasteiger partial charge in [-0.05, 0) is 18.4 Å². The Morgan fingerprint density at radius 3 is 2.88 bits per heavy atom. The number of benzene rings is 1. The molecule has 0 N–H and O–H groups in total. The van der Waals surface area contributed by atoms with Crippen LogP contribution in [0.5, 0.6) is 0 Å². The molecule has 5 nitrogen and oxygen atoms in total. The molecule has 1 fully saturated rings. The lowest BCUT2D eigenvalue weighted by Gasteiger charge is -2.17. The molecule has 5 heteroatoms. The maximum Gasteiger partial charge on any atom is 0.162 e. The minimum absolute atomic E-state index is 0.149. The predicted molar refractivity (Wildman–Crippen MR) is 93.6 cm³/mol. The van der Waals surface area contributed by atoms with Gasteiger partial charge in [-0.15, -0.1) is 10.2 Å². The SMILES string of the molecule is C(=Cc1ccccc1)CN1CCc2nnc(C3CCCO3)n2CC1. The topological polar surface area (TPSA) is 43.2 Å². The molecule has 4 rings (SSSR count). The fourth-order valence-electron chi connectivity index (χ4n) is 3.49. The Kier molecular flexibility index (Phi) is 4.71. The van der Waals surface area contributed by atoms with Gasteiger partial charge in [-0.3, -0.25) is 4.90 Å². The summed E-state index contributed by atoms with van der Waals surface area (Å²) in [7, 11) is 0. The third kappa shape index (κ3) is 3.42. The van der Waals surface area contributed by atoms with E-state index in [2.05, 4.69) is 56.1 Å². The Labute approximate surface area is 143 Å². The van der Waals surface area contributed by atoms with Gasteiger partial charge in [0.1, 0.15) is 11.9 Å². The molecular formula is C19H24N4O. The molecule has 3 heterocycles. The van der Waals surface area contributed by atoms with Crippen molar-refractivity contribution >= 4 is 6.08 Å². The maximum absolute atomic E-state index is 5.80. The number of nitrogens with zero attached hydrogens (tertiary/aromatic N) is 4. The smallest absolute Gasteiger partial charge is 0.162 e. The Balaban J connectivity index is 1.37. The van der Waals surface area contributed by atoms with Gasteiger partial charge in [-0.25, -0.2) is 0 Å². The van der Waals surface area contributed by atoms with Crippen molar-refractivity contribution in [3.63, 3.8) is 0 Å². The monoisotopic (exact) mass is 324 g/mol. The van der Waals surface area contributed by atoms with Gasteiger partial charge in [0.2, 0.25) is 0 Å². The zero-order valence-electron chi connectivity index (χ0n) is 14.0. The molecule has 1 aromatic heterocycles. The average Bonchev–Trinajstić information content (AvgIpc) is 3.23. The minimum Gasteiger partial charge on any atom is -0.370 e. The Morgan fingerprint density at radius 2 is 2.04 bits per heavy atom. The normalized spacial score (nSPS) is 21.9. The zero-order valence-corrected chi connectivity index (χ0v) is 14.0. The van der Waals surface area contributed by atoms with Crippen LogP contribution in [-0.4, -0.2) is 45.9 Å². The van der Waals surface area contributed by atoms with Crippen LogP contribution in [0, 0.1) is 0 Å². The molecule has 24 heavy (non-hydrogen) atoms. The van der Waals surface area contributed by atoms with Gasteiger partial charge >= 0.3 is 0 Å². The Morgan fingerprint density at radius 1 is 1.12 bits per heavy atom. The summed E-state index contributed by atoms with van der Waals surface area (Å²) in [5.74, 6) is 2.14. The van der Waals surface area contributed by atoms with Gasteiger partial charge in [0.25, 0.3) is 0 Å². The number of hydrogen-bond acceptors (Lipinski definition) is 4. The molecule has 0 saturated carbocycles. The van der Waals surface area contributed by atoms with Crippen molar-refractivity contribution in [3.8, 4) is 0 Å². The molecule has 0 spiro atoms. The van der Waals surface area contributed by atoms with Gasteiger partial charge < -0.3 is 9.30 Å². The summed E-state index contributed by atoms with van der Waals surface area (Å²) in [4.78, 5) is 2.48. The van der Waals surface area contributed by atoms with Crippen molar-refractivity contribution in [1.29, 1.82) is 0 Å². The number of fused-ring (bicyclic) bond motifs is 1. The molecule has 2 aromatic rings. The lowest BCUT2D eigenvalue weighted by Crippen LogP contribution is -2.27. The van der Waals surface area contributed by atoms with Crippen LogP contribution < -0.4 is 0 Å². The molecule has 126 valence electrons. The second-order valence-corrected chi connectivity index (χ2v) is 6.49. The number of hydrogen-bond donors (Lipinski definition) is 0. The molecule has 1 saturated heterocycles. The van der Waals surface area contributed by atoms with Crippen LogP contribution in [0.1, 0.15) is 36.2 Å². The van der Waals surface area contributed by atoms with Crippen molar-refractivity contribution < 1.29 is 4.74 Å². The van der Waals surface area contributed by atoms with E-state index in [0.717, 1.165) is 63.7 Å². The van der Waals surface area contributed by atoms with Crippen LogP contribution in [0.15, 0.2) is 36.4 Å². The third-order valence-corrected chi connectivity index (χ3v) is 4.84. The summed E-state index contributed by atoms with van der Waals surface area (Å²) in [6.45, 7) is 4.84. The molecular weight excluding hydrogens is 300 g/mol. The largest absolute Gasteiger partial charge is 0.370 e. The summed E-state index contributed by atoms with van der Waals surface area (Å²) >= 11 is 0. The highest BCUT2D eigenvalue weighted by atomic mass is 16.5. The highest BCUT2D eigenvalue weighted by Gasteiger charge is 2.26. The van der Waals surface area contributed by atoms with Crippen LogP contribution in [0.25, 0.3) is 6.08 Å². The van der Waals surface area contributed by atoms with E-state index < -0.39 is 0 Å². The van der Waals surface area contributed by atoms with Gasteiger partial charge in [-0.2, -0.15) is 0 Å². The van der Waals surface area contributed by atoms with Crippen LogP contribution in [0.4, 0.5) is 0 Å². The third-order valence-electron chi connectivity index (χ3n) is 4.84. The summed E-state index contributed by atoms with van der Waals surface area (Å²) in [6, 6.07) is 10.5. The average molecular weight is 324 g/mol. The molecule has 2 aliphatic rings. The number of aromatic nitrogens is 3. The van der Waals surface area contributed by atoms with Gasteiger partial charge in [-0.1, -0.05) is 42.5 Å². The highest BCUT2D eigenvalue weighted by molar-refractivity contribution is 5.48. The highest BCUT2D eigenvalue weighted by Crippen LogP contribution is 2.28. The van der Waals surface area contributed by atoms with E-state index in [1.807, 2.05) is 6.07 Å². The predicted octanol–water partition coefficient (Wildman–Crippen LogP) is 2.70. The van der Waals surface area contributed by atoms with Crippen LogP contribution in [0.2, 0.25) is 0 Å². The van der Waals surface area contributed by atoms with Crippen LogP contribution >= 0.6 is 0 Å². The molecule has 0 amide bonds. The van der Waals surface area contributed by atoms with Crippen molar-refractivity contribution in [1.82, 2.24) is 19.7 Å². The van der Waals surface area contributed by atoms with E-state index >= 15 is 0 Å². The Bertz CT molecular complexity index is 689. The molecule has 0 radical (unpaired) electrons. The molecule has 0 aliphatic carbocycles. The summed E-state index contributed by atoms with van der Waals surface area (Å²) in [6.07, 6.45) is 7.76. The summed E-state index contributed by atoms with van der Waals surface area (Å²) in [5, 5.41) is 8.82. The van der Waals surface area contributed by atoms with Crippen LogP contribution in [0.3, 0.4) is 0 Å². The first kappa shape index (κ1) is 15.5. The van der Waals surface area contributed by atoms with E-state index in [1.165, 1.54) is 5.56 Å². The summed E-state index contributed by atoms with van der Waals surface area (Å²) in [5.41, 5.74) is 1.25. The fourth-order valence-corrected chi connectivity index (χ4v) is 3.49. The minimum atomic E-state index is 0.149. The summed E-state index contributed by atoms with van der Waals surface area (Å²) < 4.78 is 8.09. The molecule has 0 bridgehead atoms. The van der Waals surface area contributed by atoms with Crippen molar-refractivity contribution in [2.75, 3.05) is 26.2 Å². The van der Waals surface area contributed by atoms with E-state index in [0.29, 0.717) is 0 Å². The van der Waals surface area contributed by atoms with Crippen LogP contribution in [-0.2, 0) is 17.7 Å². The molecule has 1 unspecified atom stereocenters. The van der Waals surface area contributed by atoms with Gasteiger partial charge in [0, 0.05) is 39.2 Å². The van der Waals surface area contributed by atoms with Gasteiger partial charge in [0.05, 0.1) is 0 Å². The standard InChI is InChI=1S/C19H24N4O/c1-2-6-16(7-3-1)8-4-11-22-12-10-18-20-21-19(23(18)14-13-22)17-9-5-15-24-17/h1-4,6-8,17H,5,9-15H2. The van der Waals surface area contributed by atoms with Crippen molar-refractivity contribution in [2.24, 2.45) is 0 Å². The fraction of sp³-hybridized carbons (Fsp3) is 0.474. The number of rotatable bonds is 4. The quantitative estimate of drug-likeness (QED) is 0.867. The lowest BCUT2D eigenvalue weighted by molar-refractivity contribution is 0.101. The molecule has 2 aliphatic heterocycles. The molecule has 1 aromatic carbocycles. The lowest BCUT2D eigenvalue weighted by atomic mass is 10.2. The Hall–Kier alpha value is -1.98. The zero-order chi connectivity index (χ0) is 16.2.